The maximum absolute atomic E-state index is 12.4. The SMILES string of the molecule is Cc1ncc(-c2cc(C[C@@]3(CO)CCN(C(=O)OCC(F)F)C3)nc(N3CCOCC3)n2)cn1. The molecule has 0 unspecified atom stereocenters. The Morgan fingerprint density at radius 2 is 1.97 bits per heavy atom. The van der Waals surface area contributed by atoms with Gasteiger partial charge in [0.05, 0.1) is 25.5 Å². The third-order valence-electron chi connectivity index (χ3n) is 6.06. The van der Waals surface area contributed by atoms with E-state index in [0.717, 1.165) is 5.56 Å². The van der Waals surface area contributed by atoms with E-state index in [2.05, 4.69) is 14.7 Å². The van der Waals surface area contributed by atoms with Gasteiger partial charge in [-0.3, -0.25) is 0 Å². The zero-order valence-corrected chi connectivity index (χ0v) is 19.0. The number of halogens is 2. The van der Waals surface area contributed by atoms with Gasteiger partial charge < -0.3 is 24.4 Å². The van der Waals surface area contributed by atoms with Crippen molar-refractivity contribution in [3.63, 3.8) is 0 Å². The Labute approximate surface area is 195 Å². The Balaban J connectivity index is 1.58. The number of aliphatic hydroxyl groups is 1. The van der Waals surface area contributed by atoms with Gasteiger partial charge in [0.25, 0.3) is 6.43 Å². The fourth-order valence-corrected chi connectivity index (χ4v) is 4.18. The van der Waals surface area contributed by atoms with Gasteiger partial charge in [0.2, 0.25) is 5.95 Å². The van der Waals surface area contributed by atoms with Gasteiger partial charge in [-0.2, -0.15) is 0 Å². The zero-order valence-electron chi connectivity index (χ0n) is 19.0. The van der Waals surface area contributed by atoms with Crippen LogP contribution in [0.15, 0.2) is 18.5 Å². The molecule has 1 amide bonds. The van der Waals surface area contributed by atoms with Gasteiger partial charge in [0.15, 0.2) is 6.61 Å². The standard InChI is InChI=1S/C22H28F2N6O4/c1-15-25-10-16(11-26-15)18-8-17(27-20(28-18)29-4-6-33-7-5-29)9-22(14-31)2-3-30(13-22)21(32)34-12-19(23)24/h8,10-11,19,31H,2-7,9,12-14H2,1H3/t22-/m0/s1. The average Bonchev–Trinajstić information content (AvgIpc) is 3.28. The van der Waals surface area contributed by atoms with Crippen molar-refractivity contribution in [3.05, 3.63) is 30.0 Å². The number of amides is 1. The van der Waals surface area contributed by atoms with Crippen LogP contribution >= 0.6 is 0 Å². The summed E-state index contributed by atoms with van der Waals surface area (Å²) in [7, 11) is 0. The molecule has 12 heteroatoms. The summed E-state index contributed by atoms with van der Waals surface area (Å²) in [6, 6.07) is 1.84. The highest BCUT2D eigenvalue weighted by Gasteiger charge is 2.41. The van der Waals surface area contributed by atoms with Gasteiger partial charge in [-0.1, -0.05) is 0 Å². The molecule has 1 N–H and O–H groups in total. The molecule has 2 aromatic heterocycles. The van der Waals surface area contributed by atoms with Crippen molar-refractivity contribution in [1.82, 2.24) is 24.8 Å². The van der Waals surface area contributed by atoms with Crippen LogP contribution in [0.5, 0.6) is 0 Å². The second-order valence-electron chi connectivity index (χ2n) is 8.64. The summed E-state index contributed by atoms with van der Waals surface area (Å²) in [5, 5.41) is 10.2. The van der Waals surface area contributed by atoms with Crippen LogP contribution in [0.3, 0.4) is 0 Å². The molecule has 1 atom stereocenters. The van der Waals surface area contributed by atoms with Crippen molar-refractivity contribution in [2.45, 2.75) is 26.2 Å². The fraction of sp³-hybridized carbons (Fsp3) is 0.591. The predicted octanol–water partition coefficient (Wildman–Crippen LogP) is 1.71. The Morgan fingerprint density at radius 1 is 1.24 bits per heavy atom. The number of likely N-dealkylation sites (tertiary alicyclic amines) is 1. The third-order valence-corrected chi connectivity index (χ3v) is 6.06. The molecule has 0 radical (unpaired) electrons. The second-order valence-corrected chi connectivity index (χ2v) is 8.64. The molecular formula is C22H28F2N6O4. The molecule has 184 valence electrons. The number of hydrogen-bond acceptors (Lipinski definition) is 9. The molecular weight excluding hydrogens is 450 g/mol. The lowest BCUT2D eigenvalue weighted by molar-refractivity contribution is 0.0319. The lowest BCUT2D eigenvalue weighted by Gasteiger charge is -2.29. The van der Waals surface area contributed by atoms with Gasteiger partial charge in [0, 0.05) is 55.2 Å². The number of rotatable bonds is 7. The largest absolute Gasteiger partial charge is 0.443 e. The molecule has 2 aliphatic rings. The van der Waals surface area contributed by atoms with Crippen molar-refractivity contribution in [2.75, 3.05) is 57.5 Å². The highest BCUT2D eigenvalue weighted by Crippen LogP contribution is 2.35. The van der Waals surface area contributed by atoms with Gasteiger partial charge in [-0.25, -0.2) is 33.5 Å². The summed E-state index contributed by atoms with van der Waals surface area (Å²) in [5.41, 5.74) is 1.43. The number of aromatic nitrogens is 4. The van der Waals surface area contributed by atoms with Crippen LogP contribution in [-0.4, -0.2) is 95.1 Å². The third kappa shape index (κ3) is 5.73. The van der Waals surface area contributed by atoms with Crippen LogP contribution in [0.1, 0.15) is 17.9 Å². The van der Waals surface area contributed by atoms with Gasteiger partial charge >= 0.3 is 6.09 Å². The molecule has 0 aliphatic carbocycles. The van der Waals surface area contributed by atoms with Crippen LogP contribution in [-0.2, 0) is 15.9 Å². The van der Waals surface area contributed by atoms with Gasteiger partial charge in [-0.05, 0) is 25.8 Å². The number of carbonyl (C=O) groups excluding carboxylic acids is 1. The van der Waals surface area contributed by atoms with Crippen molar-refractivity contribution >= 4 is 12.0 Å². The topological polar surface area (TPSA) is 114 Å². The minimum Gasteiger partial charge on any atom is -0.443 e. The van der Waals surface area contributed by atoms with E-state index in [9.17, 15) is 18.7 Å². The van der Waals surface area contributed by atoms with Crippen LogP contribution in [0.25, 0.3) is 11.3 Å². The first-order valence-electron chi connectivity index (χ1n) is 11.2. The van der Waals surface area contributed by atoms with Crippen LogP contribution in [0.4, 0.5) is 19.5 Å². The van der Waals surface area contributed by atoms with Crippen molar-refractivity contribution < 1.29 is 28.2 Å². The molecule has 4 heterocycles. The number of aryl methyl sites for hydroxylation is 1. The lowest BCUT2D eigenvalue weighted by atomic mass is 9.83. The fourth-order valence-electron chi connectivity index (χ4n) is 4.18. The van der Waals surface area contributed by atoms with E-state index in [0.29, 0.717) is 68.9 Å². The van der Waals surface area contributed by atoms with E-state index in [1.807, 2.05) is 11.0 Å². The number of anilines is 1. The maximum atomic E-state index is 12.4. The monoisotopic (exact) mass is 478 g/mol. The van der Waals surface area contributed by atoms with Crippen molar-refractivity contribution in [3.8, 4) is 11.3 Å². The Hall–Kier alpha value is -2.99. The van der Waals surface area contributed by atoms with E-state index in [1.165, 1.54) is 4.90 Å². The lowest BCUT2D eigenvalue weighted by Crippen LogP contribution is -2.38. The summed E-state index contributed by atoms with van der Waals surface area (Å²) in [5.74, 6) is 1.20. The smallest absolute Gasteiger partial charge is 0.409 e. The maximum Gasteiger partial charge on any atom is 0.409 e. The zero-order chi connectivity index (χ0) is 24.1. The summed E-state index contributed by atoms with van der Waals surface area (Å²) < 4.78 is 34.9. The second kappa shape index (κ2) is 10.5. The summed E-state index contributed by atoms with van der Waals surface area (Å²) in [6.45, 7) is 3.62. The molecule has 10 nitrogen and oxygen atoms in total. The molecule has 2 fully saturated rings. The van der Waals surface area contributed by atoms with Gasteiger partial charge in [-0.15, -0.1) is 0 Å². The summed E-state index contributed by atoms with van der Waals surface area (Å²) >= 11 is 0. The molecule has 4 rings (SSSR count). The first-order valence-corrected chi connectivity index (χ1v) is 11.2. The highest BCUT2D eigenvalue weighted by atomic mass is 19.3. The minimum atomic E-state index is -2.72. The molecule has 2 aliphatic heterocycles. The first-order chi connectivity index (χ1) is 16.4. The first kappa shape index (κ1) is 24.1. The van der Waals surface area contributed by atoms with Gasteiger partial charge in [0.1, 0.15) is 5.82 Å². The van der Waals surface area contributed by atoms with Crippen LogP contribution < -0.4 is 4.90 Å². The Morgan fingerprint density at radius 3 is 2.65 bits per heavy atom. The van der Waals surface area contributed by atoms with E-state index < -0.39 is 24.5 Å². The molecule has 0 spiro atoms. The predicted molar refractivity (Wildman–Crippen MR) is 118 cm³/mol. The number of nitrogens with zero attached hydrogens (tertiary/aromatic N) is 6. The number of carbonyl (C=O) groups is 1. The molecule has 0 aromatic carbocycles. The quantitative estimate of drug-likeness (QED) is 0.635. The van der Waals surface area contributed by atoms with Crippen LogP contribution in [0, 0.1) is 12.3 Å². The number of aliphatic hydroxyl groups excluding tert-OH is 1. The summed E-state index contributed by atoms with van der Waals surface area (Å²) in [4.78, 5) is 33.6. The number of morpholine rings is 1. The molecule has 0 bridgehead atoms. The average molecular weight is 479 g/mol. The number of ether oxygens (including phenoxy) is 2. The van der Waals surface area contributed by atoms with E-state index in [-0.39, 0.29) is 13.2 Å². The van der Waals surface area contributed by atoms with Crippen LogP contribution in [0.2, 0.25) is 0 Å². The molecule has 0 saturated carbocycles. The molecule has 2 aromatic rings. The normalized spacial score (nSPS) is 20.7. The van der Waals surface area contributed by atoms with E-state index >= 15 is 0 Å². The molecule has 2 saturated heterocycles. The minimum absolute atomic E-state index is 0.186. The number of hydrogen-bond donors (Lipinski definition) is 1. The summed E-state index contributed by atoms with van der Waals surface area (Å²) in [6.07, 6.45) is 0.753. The van der Waals surface area contributed by atoms with Crippen molar-refractivity contribution in [2.24, 2.45) is 5.41 Å². The molecule has 34 heavy (non-hydrogen) atoms. The van der Waals surface area contributed by atoms with E-state index in [1.54, 1.807) is 19.3 Å². The highest BCUT2D eigenvalue weighted by molar-refractivity contribution is 5.68. The van der Waals surface area contributed by atoms with Crippen molar-refractivity contribution in [1.29, 1.82) is 0 Å². The number of alkyl halides is 2. The Kier molecular flexibility index (Phi) is 7.47. The Bertz CT molecular complexity index is 990. The van der Waals surface area contributed by atoms with E-state index in [4.69, 9.17) is 14.7 Å².